The Labute approximate surface area is 108 Å². The third-order valence-corrected chi connectivity index (χ3v) is 4.20. The van der Waals surface area contributed by atoms with Gasteiger partial charge in [0, 0.05) is 19.2 Å². The van der Waals surface area contributed by atoms with Crippen molar-refractivity contribution in [2.45, 2.75) is 59.4 Å². The molecule has 3 unspecified atom stereocenters. The van der Waals surface area contributed by atoms with Gasteiger partial charge in [-0.2, -0.15) is 0 Å². The first-order valence-electron chi connectivity index (χ1n) is 7.42. The molecule has 0 amide bonds. The molecule has 1 N–H and O–H groups in total. The van der Waals surface area contributed by atoms with E-state index in [2.05, 4.69) is 33.0 Å². The van der Waals surface area contributed by atoms with Crippen molar-refractivity contribution in [2.75, 3.05) is 19.8 Å². The molecule has 1 rings (SSSR count). The highest BCUT2D eigenvalue weighted by Gasteiger charge is 2.26. The molecule has 0 spiro atoms. The Bertz CT molecular complexity index is 193. The van der Waals surface area contributed by atoms with Crippen LogP contribution in [0.4, 0.5) is 0 Å². The molecule has 0 saturated heterocycles. The number of hydrogen-bond donors (Lipinski definition) is 1. The normalized spacial score (nSPS) is 29.8. The Morgan fingerprint density at radius 3 is 2.65 bits per heavy atom. The predicted octanol–water partition coefficient (Wildman–Crippen LogP) is 3.46. The Morgan fingerprint density at radius 2 is 1.94 bits per heavy atom. The van der Waals surface area contributed by atoms with Gasteiger partial charge in [-0.1, -0.05) is 40.5 Å². The van der Waals surface area contributed by atoms with E-state index in [-0.39, 0.29) is 0 Å². The quantitative estimate of drug-likeness (QED) is 0.689. The van der Waals surface area contributed by atoms with Crippen molar-refractivity contribution in [2.24, 2.45) is 17.8 Å². The van der Waals surface area contributed by atoms with Gasteiger partial charge >= 0.3 is 0 Å². The zero-order chi connectivity index (χ0) is 12.7. The minimum atomic E-state index is 0.715. The molecule has 102 valence electrons. The second-order valence-corrected chi connectivity index (χ2v) is 6.12. The zero-order valence-electron chi connectivity index (χ0n) is 12.2. The van der Waals surface area contributed by atoms with Gasteiger partial charge in [0.25, 0.3) is 0 Å². The van der Waals surface area contributed by atoms with Gasteiger partial charge in [-0.15, -0.1) is 0 Å². The highest BCUT2D eigenvalue weighted by Crippen LogP contribution is 2.29. The number of hydrogen-bond acceptors (Lipinski definition) is 2. The first kappa shape index (κ1) is 15.0. The molecule has 0 aromatic heterocycles. The van der Waals surface area contributed by atoms with E-state index in [9.17, 15) is 0 Å². The molecule has 0 radical (unpaired) electrons. The average Bonchev–Trinajstić information content (AvgIpc) is 2.28. The second kappa shape index (κ2) is 8.10. The predicted molar refractivity (Wildman–Crippen MR) is 74.2 cm³/mol. The van der Waals surface area contributed by atoms with Crippen LogP contribution in [0.15, 0.2) is 0 Å². The van der Waals surface area contributed by atoms with Crippen LogP contribution in [0.25, 0.3) is 0 Å². The molecule has 17 heavy (non-hydrogen) atoms. The van der Waals surface area contributed by atoms with E-state index in [1.165, 1.54) is 25.7 Å². The van der Waals surface area contributed by atoms with E-state index in [0.717, 1.165) is 37.5 Å². The minimum Gasteiger partial charge on any atom is -0.380 e. The zero-order valence-corrected chi connectivity index (χ0v) is 12.2. The van der Waals surface area contributed by atoms with Crippen LogP contribution in [0, 0.1) is 17.8 Å². The number of rotatable bonds is 7. The van der Waals surface area contributed by atoms with E-state index in [1.54, 1.807) is 0 Å². The van der Waals surface area contributed by atoms with Gasteiger partial charge in [-0.3, -0.25) is 0 Å². The van der Waals surface area contributed by atoms with Crippen molar-refractivity contribution < 1.29 is 4.74 Å². The molecular formula is C15H31NO. The Morgan fingerprint density at radius 1 is 1.18 bits per heavy atom. The lowest BCUT2D eigenvalue weighted by atomic mass is 9.78. The molecule has 2 heteroatoms. The maximum Gasteiger partial charge on any atom is 0.0591 e. The molecule has 1 aliphatic rings. The van der Waals surface area contributed by atoms with Crippen molar-refractivity contribution in [3.05, 3.63) is 0 Å². The SMILES string of the molecule is CC(C)CCOCCNC1CCCC(C)C1C. The first-order chi connectivity index (χ1) is 8.11. The highest BCUT2D eigenvalue weighted by molar-refractivity contribution is 4.81. The summed E-state index contributed by atoms with van der Waals surface area (Å²) in [6.45, 7) is 12.1. The van der Waals surface area contributed by atoms with Crippen molar-refractivity contribution >= 4 is 0 Å². The van der Waals surface area contributed by atoms with Gasteiger partial charge in [-0.05, 0) is 30.6 Å². The summed E-state index contributed by atoms with van der Waals surface area (Å²) in [6, 6.07) is 0.715. The summed E-state index contributed by atoms with van der Waals surface area (Å²) in [6.07, 6.45) is 5.32. The van der Waals surface area contributed by atoms with E-state index < -0.39 is 0 Å². The summed E-state index contributed by atoms with van der Waals surface area (Å²) >= 11 is 0. The van der Waals surface area contributed by atoms with Crippen molar-refractivity contribution in [1.82, 2.24) is 5.32 Å². The maximum atomic E-state index is 5.64. The molecular weight excluding hydrogens is 210 g/mol. The highest BCUT2D eigenvalue weighted by atomic mass is 16.5. The molecule has 1 aliphatic carbocycles. The fourth-order valence-electron chi connectivity index (χ4n) is 2.61. The summed E-state index contributed by atoms with van der Waals surface area (Å²) in [5.41, 5.74) is 0. The molecule has 1 fully saturated rings. The Kier molecular flexibility index (Phi) is 7.14. The molecule has 2 nitrogen and oxygen atoms in total. The monoisotopic (exact) mass is 241 g/mol. The van der Waals surface area contributed by atoms with Gasteiger partial charge < -0.3 is 10.1 Å². The van der Waals surface area contributed by atoms with Crippen LogP contribution in [0.3, 0.4) is 0 Å². The van der Waals surface area contributed by atoms with E-state index in [1.807, 2.05) is 0 Å². The minimum absolute atomic E-state index is 0.715. The van der Waals surface area contributed by atoms with E-state index in [0.29, 0.717) is 6.04 Å². The lowest BCUT2D eigenvalue weighted by Crippen LogP contribution is -2.41. The molecule has 0 aliphatic heterocycles. The standard InChI is InChI=1S/C15H31NO/c1-12(2)8-10-17-11-9-16-15-7-5-6-13(3)14(15)4/h12-16H,5-11H2,1-4H3. The summed E-state index contributed by atoms with van der Waals surface area (Å²) in [5, 5.41) is 3.66. The summed E-state index contributed by atoms with van der Waals surface area (Å²) < 4.78 is 5.64. The lowest BCUT2D eigenvalue weighted by molar-refractivity contribution is 0.115. The first-order valence-corrected chi connectivity index (χ1v) is 7.42. The third kappa shape index (κ3) is 5.87. The van der Waals surface area contributed by atoms with Crippen LogP contribution in [0.2, 0.25) is 0 Å². The summed E-state index contributed by atoms with van der Waals surface area (Å²) in [5.74, 6) is 2.45. The molecule has 0 aromatic carbocycles. The van der Waals surface area contributed by atoms with Crippen LogP contribution >= 0.6 is 0 Å². The fraction of sp³-hybridized carbons (Fsp3) is 1.00. The van der Waals surface area contributed by atoms with E-state index >= 15 is 0 Å². The molecule has 0 heterocycles. The largest absolute Gasteiger partial charge is 0.380 e. The second-order valence-electron chi connectivity index (χ2n) is 6.12. The smallest absolute Gasteiger partial charge is 0.0591 e. The van der Waals surface area contributed by atoms with Crippen molar-refractivity contribution in [3.63, 3.8) is 0 Å². The molecule has 1 saturated carbocycles. The summed E-state index contributed by atoms with van der Waals surface area (Å²) in [7, 11) is 0. The van der Waals surface area contributed by atoms with E-state index in [4.69, 9.17) is 4.74 Å². The van der Waals surface area contributed by atoms with Crippen molar-refractivity contribution in [3.8, 4) is 0 Å². The topological polar surface area (TPSA) is 21.3 Å². The van der Waals surface area contributed by atoms with Crippen LogP contribution < -0.4 is 5.32 Å². The molecule has 0 bridgehead atoms. The lowest BCUT2D eigenvalue weighted by Gasteiger charge is -2.34. The van der Waals surface area contributed by atoms with Gasteiger partial charge in [0.15, 0.2) is 0 Å². The number of ether oxygens (including phenoxy) is 1. The van der Waals surface area contributed by atoms with Crippen molar-refractivity contribution in [1.29, 1.82) is 0 Å². The molecule has 3 atom stereocenters. The van der Waals surface area contributed by atoms with Crippen LogP contribution in [-0.4, -0.2) is 25.8 Å². The van der Waals surface area contributed by atoms with Crippen LogP contribution in [0.1, 0.15) is 53.4 Å². The van der Waals surface area contributed by atoms with Crippen LogP contribution in [-0.2, 0) is 4.74 Å². The van der Waals surface area contributed by atoms with Gasteiger partial charge in [0.05, 0.1) is 6.61 Å². The maximum absolute atomic E-state index is 5.64. The fourth-order valence-corrected chi connectivity index (χ4v) is 2.61. The van der Waals surface area contributed by atoms with Gasteiger partial charge in [-0.25, -0.2) is 0 Å². The molecule has 0 aromatic rings. The van der Waals surface area contributed by atoms with Crippen LogP contribution in [0.5, 0.6) is 0 Å². The Balaban J connectivity index is 2.02. The number of nitrogens with one attached hydrogen (secondary N) is 1. The third-order valence-electron chi connectivity index (χ3n) is 4.20. The summed E-state index contributed by atoms with van der Waals surface area (Å²) in [4.78, 5) is 0. The van der Waals surface area contributed by atoms with Gasteiger partial charge in [0.2, 0.25) is 0 Å². The Hall–Kier alpha value is -0.0800. The average molecular weight is 241 g/mol. The van der Waals surface area contributed by atoms with Gasteiger partial charge in [0.1, 0.15) is 0 Å².